The van der Waals surface area contributed by atoms with Gasteiger partial charge < -0.3 is 15.8 Å². The fraction of sp³-hybridized carbons (Fsp3) is 0.923. The summed E-state index contributed by atoms with van der Waals surface area (Å²) in [6.07, 6.45) is 6.68. The van der Waals surface area contributed by atoms with Crippen LogP contribution in [0.15, 0.2) is 4.99 Å². The Hall–Kier alpha value is -0.0400. The van der Waals surface area contributed by atoms with Crippen LogP contribution in [0.2, 0.25) is 0 Å². The summed E-state index contributed by atoms with van der Waals surface area (Å²) in [5, 5.41) is 3.46. The summed E-state index contributed by atoms with van der Waals surface area (Å²) in [5.74, 6) is 1.30. The van der Waals surface area contributed by atoms with E-state index in [1.54, 1.807) is 0 Å². The van der Waals surface area contributed by atoms with Crippen LogP contribution < -0.4 is 11.1 Å². The van der Waals surface area contributed by atoms with E-state index in [9.17, 15) is 0 Å². The van der Waals surface area contributed by atoms with E-state index in [2.05, 4.69) is 17.2 Å². The van der Waals surface area contributed by atoms with Crippen LogP contribution in [0.1, 0.15) is 39.0 Å². The van der Waals surface area contributed by atoms with Crippen LogP contribution in [0, 0.1) is 11.3 Å². The van der Waals surface area contributed by atoms with Crippen molar-refractivity contribution in [2.45, 2.75) is 51.2 Å². The monoisotopic (exact) mass is 365 g/mol. The van der Waals surface area contributed by atoms with Crippen LogP contribution in [0.25, 0.3) is 0 Å². The third-order valence-corrected chi connectivity index (χ3v) is 4.85. The highest BCUT2D eigenvalue weighted by Gasteiger charge is 2.66. The molecule has 3 atom stereocenters. The number of nitrogens with two attached hydrogens (primary N) is 1. The van der Waals surface area contributed by atoms with Gasteiger partial charge in [0.25, 0.3) is 0 Å². The largest absolute Gasteiger partial charge is 0.377 e. The van der Waals surface area contributed by atoms with Gasteiger partial charge in [-0.25, -0.2) is 0 Å². The lowest BCUT2D eigenvalue weighted by Crippen LogP contribution is -2.72. The molecule has 3 N–H and O–H groups in total. The van der Waals surface area contributed by atoms with Crippen molar-refractivity contribution in [3.63, 3.8) is 0 Å². The van der Waals surface area contributed by atoms with Gasteiger partial charge in [-0.2, -0.15) is 0 Å². The topological polar surface area (TPSA) is 59.6 Å². The first-order valence-corrected chi connectivity index (χ1v) is 6.96. The molecule has 1 heterocycles. The van der Waals surface area contributed by atoms with Crippen LogP contribution in [0.4, 0.5) is 0 Å². The summed E-state index contributed by atoms with van der Waals surface area (Å²) in [6, 6.07) is 0.518. The molecule has 104 valence electrons. The lowest BCUT2D eigenvalue weighted by molar-refractivity contribution is -0.171. The fourth-order valence-corrected chi connectivity index (χ4v) is 3.89. The molecule has 1 spiro atoms. The normalized spacial score (nSPS) is 36.3. The minimum atomic E-state index is 0. The number of guanidine groups is 1. The number of ether oxygens (including phenoxy) is 1. The molecule has 2 aliphatic carbocycles. The third-order valence-electron chi connectivity index (χ3n) is 4.85. The number of hydrogen-bond donors (Lipinski definition) is 2. The first-order chi connectivity index (χ1) is 8.28. The Morgan fingerprint density at radius 2 is 2.28 bits per heavy atom. The highest BCUT2D eigenvalue weighted by Crippen LogP contribution is 2.62. The summed E-state index contributed by atoms with van der Waals surface area (Å²) in [7, 11) is 0. The maximum atomic E-state index is 5.95. The number of nitrogens with zero attached hydrogens (tertiary/aromatic N) is 1. The number of fused-ring (bicyclic) bond motifs is 2. The highest BCUT2D eigenvalue weighted by atomic mass is 127. The maximum Gasteiger partial charge on any atom is 0.188 e. The van der Waals surface area contributed by atoms with E-state index < -0.39 is 0 Å². The zero-order valence-corrected chi connectivity index (χ0v) is 13.4. The second-order valence-corrected chi connectivity index (χ2v) is 5.72. The van der Waals surface area contributed by atoms with Gasteiger partial charge in [-0.1, -0.05) is 13.3 Å². The average molecular weight is 365 g/mol. The maximum absolute atomic E-state index is 5.95. The molecule has 0 bridgehead atoms. The Bertz CT molecular complexity index is 330. The molecule has 0 amide bonds. The lowest BCUT2D eigenvalue weighted by atomic mass is 9.46. The van der Waals surface area contributed by atoms with Gasteiger partial charge in [0, 0.05) is 30.5 Å². The van der Waals surface area contributed by atoms with E-state index in [-0.39, 0.29) is 24.0 Å². The molecule has 1 aliphatic heterocycles. The van der Waals surface area contributed by atoms with Gasteiger partial charge in [0.2, 0.25) is 0 Å². The Labute approximate surface area is 126 Å². The van der Waals surface area contributed by atoms with E-state index in [1.807, 2.05) is 0 Å². The minimum absolute atomic E-state index is 0. The number of rotatable bonds is 3. The minimum Gasteiger partial charge on any atom is -0.377 e. The van der Waals surface area contributed by atoms with Crippen molar-refractivity contribution in [3.8, 4) is 0 Å². The first-order valence-electron chi connectivity index (χ1n) is 6.96. The second kappa shape index (κ2) is 5.53. The van der Waals surface area contributed by atoms with Crippen LogP contribution in [-0.4, -0.2) is 31.3 Å². The number of hydrogen-bond acceptors (Lipinski definition) is 2. The second-order valence-electron chi connectivity index (χ2n) is 5.72. The zero-order valence-electron chi connectivity index (χ0n) is 11.0. The molecule has 2 saturated carbocycles. The Morgan fingerprint density at radius 1 is 1.50 bits per heavy atom. The van der Waals surface area contributed by atoms with E-state index in [0.717, 1.165) is 19.6 Å². The summed E-state index contributed by atoms with van der Waals surface area (Å²) in [4.78, 5) is 4.35. The molecule has 0 aromatic rings. The van der Waals surface area contributed by atoms with Crippen molar-refractivity contribution >= 4 is 29.9 Å². The SMILES string of the molecule is CCCN=C(N)NC1C2CCOC2C12CCC2.I. The Kier molecular flexibility index (Phi) is 4.41. The molecule has 3 rings (SSSR count). The number of halogens is 1. The molecule has 18 heavy (non-hydrogen) atoms. The average Bonchev–Trinajstić information content (AvgIpc) is 2.66. The number of aliphatic imine (C=N–C) groups is 1. The van der Waals surface area contributed by atoms with Crippen molar-refractivity contribution in [1.29, 1.82) is 0 Å². The molecule has 1 saturated heterocycles. The first kappa shape index (κ1) is 14.4. The predicted molar refractivity (Wildman–Crippen MR) is 83.3 cm³/mol. The zero-order chi connectivity index (χ0) is 11.9. The van der Waals surface area contributed by atoms with Gasteiger partial charge in [-0.05, 0) is 25.7 Å². The van der Waals surface area contributed by atoms with Crippen molar-refractivity contribution in [1.82, 2.24) is 5.32 Å². The van der Waals surface area contributed by atoms with Gasteiger partial charge in [0.15, 0.2) is 5.96 Å². The molecule has 0 aromatic carbocycles. The molecule has 5 heteroatoms. The van der Waals surface area contributed by atoms with Gasteiger partial charge >= 0.3 is 0 Å². The van der Waals surface area contributed by atoms with Crippen molar-refractivity contribution in [3.05, 3.63) is 0 Å². The quantitative estimate of drug-likeness (QED) is 0.456. The van der Waals surface area contributed by atoms with Gasteiger partial charge in [0.05, 0.1) is 6.10 Å². The van der Waals surface area contributed by atoms with Crippen molar-refractivity contribution < 1.29 is 4.74 Å². The summed E-state index contributed by atoms with van der Waals surface area (Å²) in [5.41, 5.74) is 6.35. The summed E-state index contributed by atoms with van der Waals surface area (Å²) < 4.78 is 5.88. The van der Waals surface area contributed by atoms with E-state index in [4.69, 9.17) is 10.5 Å². The summed E-state index contributed by atoms with van der Waals surface area (Å²) >= 11 is 0. The molecule has 3 unspecified atom stereocenters. The Balaban J connectivity index is 0.00000120. The fourth-order valence-electron chi connectivity index (χ4n) is 3.89. The van der Waals surface area contributed by atoms with Gasteiger partial charge in [-0.3, -0.25) is 4.99 Å². The standard InChI is InChI=1S/C13H23N3O.HI/c1-2-7-15-12(14)16-10-9-4-8-17-11(9)13(10)5-3-6-13;/h9-11H,2-8H2,1H3,(H3,14,15,16);1H. The van der Waals surface area contributed by atoms with Crippen LogP contribution in [0.3, 0.4) is 0 Å². The number of nitrogens with one attached hydrogen (secondary N) is 1. The van der Waals surface area contributed by atoms with Crippen LogP contribution in [0.5, 0.6) is 0 Å². The van der Waals surface area contributed by atoms with E-state index in [0.29, 0.717) is 29.4 Å². The third kappa shape index (κ3) is 2.03. The highest BCUT2D eigenvalue weighted by molar-refractivity contribution is 14.0. The van der Waals surface area contributed by atoms with Gasteiger partial charge in [0.1, 0.15) is 0 Å². The molecule has 3 aliphatic rings. The Morgan fingerprint density at radius 3 is 2.89 bits per heavy atom. The molecule has 0 aromatic heterocycles. The van der Waals surface area contributed by atoms with Crippen LogP contribution in [-0.2, 0) is 4.74 Å². The van der Waals surface area contributed by atoms with Crippen molar-refractivity contribution in [2.75, 3.05) is 13.2 Å². The van der Waals surface area contributed by atoms with Gasteiger partial charge in [-0.15, -0.1) is 24.0 Å². The molecule has 0 radical (unpaired) electrons. The molecular formula is C13H24IN3O. The smallest absolute Gasteiger partial charge is 0.188 e. The predicted octanol–water partition coefficient (Wildman–Crippen LogP) is 1.88. The summed E-state index contributed by atoms with van der Waals surface area (Å²) in [6.45, 7) is 3.87. The van der Waals surface area contributed by atoms with Crippen LogP contribution >= 0.6 is 24.0 Å². The molecule has 4 nitrogen and oxygen atoms in total. The van der Waals surface area contributed by atoms with Crippen molar-refractivity contribution in [2.24, 2.45) is 22.1 Å². The lowest BCUT2D eigenvalue weighted by Gasteiger charge is -2.63. The van der Waals surface area contributed by atoms with E-state index in [1.165, 1.54) is 25.7 Å². The van der Waals surface area contributed by atoms with E-state index >= 15 is 0 Å². The molecular weight excluding hydrogens is 341 g/mol. The molecule has 3 fully saturated rings.